The Morgan fingerprint density at radius 1 is 0.482 bits per heavy atom. The molecular weight excluding hydrogens is 695 g/mol. The molecule has 0 saturated carbocycles. The molecule has 7 nitrogen and oxygen atoms in total. The number of para-hydroxylation sites is 1. The van der Waals surface area contributed by atoms with E-state index in [0.29, 0.717) is 27.6 Å². The van der Waals surface area contributed by atoms with Crippen molar-refractivity contribution in [3.05, 3.63) is 198 Å². The van der Waals surface area contributed by atoms with E-state index < -0.39 is 5.97 Å². The second kappa shape index (κ2) is 16.4. The number of carboxylic acid groups (broad SMARTS) is 1. The maximum Gasteiger partial charge on any atom is 0.256 e. The van der Waals surface area contributed by atoms with Crippen LogP contribution in [0.25, 0.3) is 43.1 Å². The van der Waals surface area contributed by atoms with E-state index >= 15 is 0 Å². The first-order valence-corrected chi connectivity index (χ1v) is 18.3. The fourth-order valence-electron chi connectivity index (χ4n) is 7.20. The highest BCUT2D eigenvalue weighted by atomic mass is 16.4. The van der Waals surface area contributed by atoms with Gasteiger partial charge in [-0.05, 0) is 98.2 Å². The quantitative estimate of drug-likeness (QED) is 0.0900. The molecule has 9 rings (SSSR count). The number of nitrogens with one attached hydrogen (secondary N) is 1. The number of ketones is 1. The molecule has 7 N–H and O–H groups in total. The lowest BCUT2D eigenvalue weighted by Crippen LogP contribution is -2.39. The first kappa shape index (κ1) is 37.1. The number of benzene rings is 9. The number of anilines is 1. The third kappa shape index (κ3) is 7.72. The van der Waals surface area contributed by atoms with Crippen molar-refractivity contribution in [2.24, 2.45) is 0 Å². The Hall–Kier alpha value is -7.19. The fourth-order valence-corrected chi connectivity index (χ4v) is 7.20. The number of aryl methyl sites for hydroxylation is 1. The molecule has 0 atom stereocenters. The molecule has 1 amide bonds. The van der Waals surface area contributed by atoms with Crippen LogP contribution in [0.2, 0.25) is 0 Å². The van der Waals surface area contributed by atoms with Crippen LogP contribution in [0.4, 0.5) is 17.1 Å². The van der Waals surface area contributed by atoms with E-state index in [1.807, 2.05) is 159 Å². The van der Waals surface area contributed by atoms with Crippen molar-refractivity contribution in [1.29, 1.82) is 0 Å². The van der Waals surface area contributed by atoms with Crippen molar-refractivity contribution in [2.45, 2.75) is 13.3 Å². The normalized spacial score (nSPS) is 10.8. The molecule has 56 heavy (non-hydrogen) atoms. The lowest BCUT2D eigenvalue weighted by molar-refractivity contribution is -0.255. The summed E-state index contributed by atoms with van der Waals surface area (Å²) in [5.74, 6) is -1.71. The summed E-state index contributed by atoms with van der Waals surface area (Å²) in [5, 5.41) is 21.6. The van der Waals surface area contributed by atoms with Gasteiger partial charge >= 0.3 is 0 Å². The smallest absolute Gasteiger partial charge is 0.256 e. The minimum Gasteiger partial charge on any atom is -0.545 e. The Bertz CT molecular complexity index is 2770. The first-order chi connectivity index (χ1) is 27.2. The van der Waals surface area contributed by atoms with Gasteiger partial charge in [0.1, 0.15) is 11.4 Å². The van der Waals surface area contributed by atoms with Crippen LogP contribution < -0.4 is 21.9 Å². The van der Waals surface area contributed by atoms with Gasteiger partial charge in [0.25, 0.3) is 5.91 Å². The summed E-state index contributed by atoms with van der Waals surface area (Å²) in [4.78, 5) is 39.5. The number of aromatic carboxylic acids is 1. The Balaban J connectivity index is 0.000000288. The first-order valence-electron chi connectivity index (χ1n) is 18.3. The monoisotopic (exact) mass is 734 g/mol. The number of hydrogen-bond acceptors (Lipinski definition) is 4. The maximum absolute atomic E-state index is 13.6. The Labute approximate surface area is 324 Å². The van der Waals surface area contributed by atoms with Gasteiger partial charge in [-0.2, -0.15) is 0 Å². The van der Waals surface area contributed by atoms with Crippen LogP contribution in [-0.2, 0) is 6.42 Å². The number of fused-ring (bicyclic) bond motifs is 2. The van der Waals surface area contributed by atoms with E-state index in [1.165, 1.54) is 6.07 Å². The lowest BCUT2D eigenvalue weighted by atomic mass is 9.83. The van der Waals surface area contributed by atoms with Crippen molar-refractivity contribution in [1.82, 2.24) is 0 Å². The van der Waals surface area contributed by atoms with Crippen LogP contribution in [0.1, 0.15) is 42.2 Å². The largest absolute Gasteiger partial charge is 0.545 e. The molecule has 0 spiro atoms. The summed E-state index contributed by atoms with van der Waals surface area (Å²) >= 11 is 0. The van der Waals surface area contributed by atoms with Gasteiger partial charge in [0.2, 0.25) is 0 Å². The number of amides is 1. The van der Waals surface area contributed by atoms with Crippen molar-refractivity contribution in [3.8, 4) is 0 Å². The molecule has 0 aliphatic carbocycles. The highest BCUT2D eigenvalue weighted by Crippen LogP contribution is 2.44. The molecule has 0 radical (unpaired) electrons. The van der Waals surface area contributed by atoms with E-state index in [-0.39, 0.29) is 23.7 Å². The van der Waals surface area contributed by atoms with Crippen molar-refractivity contribution in [3.63, 3.8) is 0 Å². The Kier molecular flexibility index (Phi) is 10.9. The SMILES string of the molecule is Cc1ccc2c3ccc(C(=O)Cc4ccccc4)c4c(C(=O)[O-])ccc(c5ccc(C(=O)Nc6ccccc6)c1c52)c43.[NH3+]c1ccccc1.[NH3+]c1ccccc1. The van der Waals surface area contributed by atoms with Gasteiger partial charge in [-0.3, -0.25) is 9.59 Å². The van der Waals surface area contributed by atoms with Gasteiger partial charge in [0.15, 0.2) is 5.78 Å². The average molecular weight is 735 g/mol. The van der Waals surface area contributed by atoms with Gasteiger partial charge in [-0.1, -0.05) is 127 Å². The number of hydrogen-bond donors (Lipinski definition) is 3. The molecule has 0 fully saturated rings. The van der Waals surface area contributed by atoms with Crippen LogP contribution in [0.15, 0.2) is 170 Å². The van der Waals surface area contributed by atoms with Gasteiger partial charge in [-0.25, -0.2) is 0 Å². The molecule has 0 saturated heterocycles. The van der Waals surface area contributed by atoms with Gasteiger partial charge in [-0.15, -0.1) is 0 Å². The molecular formula is C49H40N3O4+. The summed E-state index contributed by atoms with van der Waals surface area (Å²) < 4.78 is 0. The molecule has 0 unspecified atom stereocenters. The number of carboxylic acids is 1. The minimum absolute atomic E-state index is 0.0160. The van der Waals surface area contributed by atoms with Gasteiger partial charge in [0.05, 0.1) is 5.97 Å². The molecule has 0 aliphatic heterocycles. The standard InChI is InChI=1S/C37H25NO4.2C6H7N/c1-21-12-13-24-26-14-17-28(31(39)20-22-8-4-2-5-9-22)35-30(37(41)42)19-16-27(34(26)35)25-15-18-29(32(21)33(24)25)36(40)38-23-10-6-3-7-11-23;2*7-6-4-2-1-3-5-6/h2-19H,20H2,1H3,(H,38,40)(H,41,42);2*1-5H,7H2/p+1. The van der Waals surface area contributed by atoms with E-state index in [4.69, 9.17) is 0 Å². The lowest BCUT2D eigenvalue weighted by Gasteiger charge is -2.20. The summed E-state index contributed by atoms with van der Waals surface area (Å²) in [5.41, 5.74) is 13.0. The number of quaternary nitrogens is 2. The summed E-state index contributed by atoms with van der Waals surface area (Å²) in [6.07, 6.45) is 0.150. The van der Waals surface area contributed by atoms with E-state index in [9.17, 15) is 19.5 Å². The zero-order chi connectivity index (χ0) is 39.2. The second-order valence-corrected chi connectivity index (χ2v) is 13.6. The van der Waals surface area contributed by atoms with Gasteiger partial charge < -0.3 is 26.7 Å². The Morgan fingerprint density at radius 2 is 0.911 bits per heavy atom. The van der Waals surface area contributed by atoms with E-state index in [2.05, 4.69) is 16.8 Å². The van der Waals surface area contributed by atoms with Crippen LogP contribution in [-0.4, -0.2) is 17.7 Å². The minimum atomic E-state index is -1.33. The highest BCUT2D eigenvalue weighted by molar-refractivity contribution is 6.37. The predicted molar refractivity (Wildman–Crippen MR) is 224 cm³/mol. The Morgan fingerprint density at radius 3 is 1.39 bits per heavy atom. The summed E-state index contributed by atoms with van der Waals surface area (Å²) in [6, 6.07) is 53.1. The number of Topliss-reactive ketones (excluding diaryl/α,β-unsaturated/α-hetero) is 1. The zero-order valence-corrected chi connectivity index (χ0v) is 30.9. The molecule has 7 heteroatoms. The topological polar surface area (TPSA) is 142 Å². The molecule has 274 valence electrons. The van der Waals surface area contributed by atoms with Crippen LogP contribution in [0.3, 0.4) is 0 Å². The third-order valence-electron chi connectivity index (χ3n) is 9.80. The van der Waals surface area contributed by atoms with E-state index in [0.717, 1.165) is 54.8 Å². The van der Waals surface area contributed by atoms with Crippen LogP contribution in [0.5, 0.6) is 0 Å². The molecule has 0 aromatic heterocycles. The fraction of sp³-hybridized carbons (Fsp3) is 0.0408. The van der Waals surface area contributed by atoms with Crippen molar-refractivity contribution in [2.75, 3.05) is 5.32 Å². The molecule has 0 bridgehead atoms. The third-order valence-corrected chi connectivity index (χ3v) is 9.80. The molecule has 0 aliphatic rings. The molecule has 0 heterocycles. The average Bonchev–Trinajstić information content (AvgIpc) is 3.21. The van der Waals surface area contributed by atoms with Gasteiger partial charge in [0, 0.05) is 34.2 Å². The van der Waals surface area contributed by atoms with Crippen molar-refractivity contribution >= 4 is 77.8 Å². The van der Waals surface area contributed by atoms with Crippen molar-refractivity contribution < 1.29 is 31.0 Å². The molecule has 9 aromatic rings. The van der Waals surface area contributed by atoms with Crippen LogP contribution >= 0.6 is 0 Å². The van der Waals surface area contributed by atoms with Crippen LogP contribution in [0, 0.1) is 6.92 Å². The zero-order valence-electron chi connectivity index (χ0n) is 30.9. The second-order valence-electron chi connectivity index (χ2n) is 13.6. The number of carbonyl (C=O) groups excluding carboxylic acids is 3. The maximum atomic E-state index is 13.6. The highest BCUT2D eigenvalue weighted by Gasteiger charge is 2.23. The number of rotatable bonds is 6. The molecule has 9 aromatic carbocycles. The summed E-state index contributed by atoms with van der Waals surface area (Å²) in [7, 11) is 0. The number of carbonyl (C=O) groups is 3. The predicted octanol–water partition coefficient (Wildman–Crippen LogP) is 8.21. The summed E-state index contributed by atoms with van der Waals surface area (Å²) in [6.45, 7) is 1.98. The van der Waals surface area contributed by atoms with E-state index in [1.54, 1.807) is 12.1 Å².